The number of allylic oxidation sites excluding steroid dienone is 4. The summed E-state index contributed by atoms with van der Waals surface area (Å²) in [4.78, 5) is 0. The molecule has 0 saturated carbocycles. The fourth-order valence-electron chi connectivity index (χ4n) is 3.62. The van der Waals surface area contributed by atoms with Crippen LogP contribution < -0.4 is 10.1 Å². The van der Waals surface area contributed by atoms with Crippen LogP contribution in [0.5, 0.6) is 5.75 Å². The normalized spacial score (nSPS) is 17.2. The number of nitrogens with one attached hydrogen (secondary N) is 2. The molecular weight excluding hydrogens is 370 g/mol. The third kappa shape index (κ3) is 5.73. The predicted molar refractivity (Wildman–Crippen MR) is 119 cm³/mol. The quantitative estimate of drug-likeness (QED) is 0.612. The van der Waals surface area contributed by atoms with E-state index in [-0.39, 0.29) is 0 Å². The van der Waals surface area contributed by atoms with Crippen LogP contribution in [0.4, 0.5) is 0 Å². The van der Waals surface area contributed by atoms with Crippen LogP contribution in [0.15, 0.2) is 48.8 Å². The van der Waals surface area contributed by atoms with Gasteiger partial charge in [-0.2, -0.15) is 5.10 Å². The molecule has 4 nitrogen and oxygen atoms in total. The number of rotatable bonds is 7. The Hall–Kier alpha value is -2.04. The fourth-order valence-corrected chi connectivity index (χ4v) is 3.89. The summed E-state index contributed by atoms with van der Waals surface area (Å²) in [5.74, 6) is 1.61. The van der Waals surface area contributed by atoms with Gasteiger partial charge < -0.3 is 10.1 Å². The standard InChI is InChI=1S/C21H26ClN3O.C2H6/c1-23-11-10-19(17-8-9-21(26-2)20(22)12-17)16-5-3-4-15(6-7-16)18-13-24-25-14-18;1-2/h4,6-9,12-14,16,19,23H,3,5,10-11H2,1-2H3,(H,24,25);1-2H3. The second kappa shape index (κ2) is 11.7. The molecule has 0 aliphatic heterocycles. The molecule has 1 aliphatic rings. The number of hydrogen-bond donors (Lipinski definition) is 2. The van der Waals surface area contributed by atoms with Crippen LogP contribution in [0.3, 0.4) is 0 Å². The van der Waals surface area contributed by atoms with Crippen LogP contribution in [-0.4, -0.2) is 30.9 Å². The van der Waals surface area contributed by atoms with Crippen LogP contribution in [0.2, 0.25) is 5.02 Å². The van der Waals surface area contributed by atoms with Crippen molar-refractivity contribution in [3.63, 3.8) is 0 Å². The van der Waals surface area contributed by atoms with Gasteiger partial charge in [-0.05, 0) is 68.0 Å². The summed E-state index contributed by atoms with van der Waals surface area (Å²) in [6, 6.07) is 6.18. The molecule has 0 amide bonds. The molecule has 1 aromatic heterocycles. The molecule has 3 rings (SSSR count). The molecular formula is C23H32ClN3O. The molecule has 0 fully saturated rings. The first-order valence-corrected chi connectivity index (χ1v) is 10.5. The Balaban J connectivity index is 0.00000136. The summed E-state index contributed by atoms with van der Waals surface area (Å²) < 4.78 is 5.31. The highest BCUT2D eigenvalue weighted by atomic mass is 35.5. The minimum absolute atomic E-state index is 0.416. The first kappa shape index (κ1) is 22.3. The van der Waals surface area contributed by atoms with Crippen LogP contribution in [0.25, 0.3) is 5.57 Å². The highest BCUT2D eigenvalue weighted by Crippen LogP contribution is 2.37. The van der Waals surface area contributed by atoms with Crippen LogP contribution in [0.1, 0.15) is 50.2 Å². The van der Waals surface area contributed by atoms with Crippen LogP contribution in [0, 0.1) is 5.92 Å². The van der Waals surface area contributed by atoms with Crippen molar-refractivity contribution in [2.75, 3.05) is 20.7 Å². The van der Waals surface area contributed by atoms with E-state index in [9.17, 15) is 0 Å². The van der Waals surface area contributed by atoms with E-state index < -0.39 is 0 Å². The molecule has 5 heteroatoms. The Bertz CT molecular complexity index is 768. The zero-order valence-electron chi connectivity index (χ0n) is 17.3. The van der Waals surface area contributed by atoms with Crippen molar-refractivity contribution >= 4 is 17.2 Å². The lowest BCUT2D eigenvalue weighted by atomic mass is 9.81. The van der Waals surface area contributed by atoms with Gasteiger partial charge in [0.25, 0.3) is 0 Å². The van der Waals surface area contributed by atoms with E-state index in [0.717, 1.165) is 37.1 Å². The zero-order chi connectivity index (χ0) is 20.4. The Kier molecular flexibility index (Phi) is 9.32. The molecule has 0 spiro atoms. The maximum atomic E-state index is 6.39. The smallest absolute Gasteiger partial charge is 0.137 e. The van der Waals surface area contributed by atoms with Crippen molar-refractivity contribution in [2.45, 2.75) is 39.0 Å². The van der Waals surface area contributed by atoms with E-state index in [1.54, 1.807) is 7.11 Å². The summed E-state index contributed by atoms with van der Waals surface area (Å²) in [6.45, 7) is 4.97. The fraction of sp³-hybridized carbons (Fsp3) is 0.435. The molecule has 1 aliphatic carbocycles. The average Bonchev–Trinajstić information content (AvgIpc) is 3.16. The molecule has 2 N–H and O–H groups in total. The highest BCUT2D eigenvalue weighted by molar-refractivity contribution is 6.32. The van der Waals surface area contributed by atoms with Crippen LogP contribution >= 0.6 is 11.6 Å². The van der Waals surface area contributed by atoms with Gasteiger partial charge in [0.1, 0.15) is 5.75 Å². The molecule has 152 valence electrons. The molecule has 0 saturated heterocycles. The second-order valence-electron chi connectivity index (χ2n) is 6.64. The van der Waals surface area contributed by atoms with Crippen molar-refractivity contribution in [2.24, 2.45) is 5.92 Å². The minimum Gasteiger partial charge on any atom is -0.495 e. The molecule has 0 bridgehead atoms. The van der Waals surface area contributed by atoms with Gasteiger partial charge in [0, 0.05) is 11.8 Å². The SMILES string of the molecule is CC.CNCCC(c1ccc(OC)c(Cl)c1)C1C=CC(c2cn[nH]c2)=CCC1. The highest BCUT2D eigenvalue weighted by Gasteiger charge is 2.23. The van der Waals surface area contributed by atoms with Gasteiger partial charge in [0.2, 0.25) is 0 Å². The number of halogens is 1. The van der Waals surface area contributed by atoms with Gasteiger partial charge in [-0.1, -0.05) is 49.7 Å². The van der Waals surface area contributed by atoms with Crippen LogP contribution in [-0.2, 0) is 0 Å². The molecule has 28 heavy (non-hydrogen) atoms. The van der Waals surface area contributed by atoms with E-state index in [1.165, 1.54) is 11.1 Å². The lowest BCUT2D eigenvalue weighted by molar-refractivity contribution is 0.413. The van der Waals surface area contributed by atoms with Crippen molar-refractivity contribution < 1.29 is 4.74 Å². The average molecular weight is 402 g/mol. The number of nitrogens with zero attached hydrogens (tertiary/aromatic N) is 1. The van der Waals surface area contributed by atoms with E-state index in [2.05, 4.69) is 45.9 Å². The topological polar surface area (TPSA) is 49.9 Å². The number of benzene rings is 1. The summed E-state index contributed by atoms with van der Waals surface area (Å²) in [7, 11) is 3.65. The maximum absolute atomic E-state index is 6.39. The van der Waals surface area contributed by atoms with Gasteiger partial charge in [0.15, 0.2) is 0 Å². The number of methoxy groups -OCH3 is 1. The zero-order valence-corrected chi connectivity index (χ0v) is 18.1. The minimum atomic E-state index is 0.416. The third-order valence-electron chi connectivity index (χ3n) is 5.04. The summed E-state index contributed by atoms with van der Waals surface area (Å²) in [5, 5.41) is 10.9. The van der Waals surface area contributed by atoms with Crippen molar-refractivity contribution in [1.29, 1.82) is 0 Å². The molecule has 0 radical (unpaired) electrons. The second-order valence-corrected chi connectivity index (χ2v) is 7.05. The lowest BCUT2D eigenvalue weighted by Crippen LogP contribution is -2.18. The van der Waals surface area contributed by atoms with Gasteiger partial charge in [-0.15, -0.1) is 0 Å². The number of H-pyrrole nitrogens is 1. The Morgan fingerprint density at radius 1 is 1.36 bits per heavy atom. The molecule has 1 aromatic carbocycles. The molecule has 2 atom stereocenters. The number of aromatic amines is 1. The predicted octanol–water partition coefficient (Wildman–Crippen LogP) is 5.84. The lowest BCUT2D eigenvalue weighted by Gasteiger charge is -2.25. The van der Waals surface area contributed by atoms with Crippen molar-refractivity contribution in [3.05, 3.63) is 65.0 Å². The van der Waals surface area contributed by atoms with E-state index in [4.69, 9.17) is 16.3 Å². The summed E-state index contributed by atoms with van der Waals surface area (Å²) in [5.41, 5.74) is 3.65. The van der Waals surface area contributed by atoms with Crippen molar-refractivity contribution in [1.82, 2.24) is 15.5 Å². The van der Waals surface area contributed by atoms with E-state index in [1.807, 2.05) is 39.4 Å². The number of hydrogen-bond acceptors (Lipinski definition) is 3. The van der Waals surface area contributed by atoms with Gasteiger partial charge in [-0.25, -0.2) is 0 Å². The maximum Gasteiger partial charge on any atom is 0.137 e. The number of ether oxygens (including phenoxy) is 1. The Morgan fingerprint density at radius 3 is 2.82 bits per heavy atom. The first-order valence-electron chi connectivity index (χ1n) is 10.1. The monoisotopic (exact) mass is 401 g/mol. The third-order valence-corrected chi connectivity index (χ3v) is 5.34. The van der Waals surface area contributed by atoms with Gasteiger partial charge in [0.05, 0.1) is 18.3 Å². The molecule has 1 heterocycles. The Morgan fingerprint density at radius 2 is 2.18 bits per heavy atom. The largest absolute Gasteiger partial charge is 0.495 e. The van der Waals surface area contributed by atoms with E-state index >= 15 is 0 Å². The summed E-state index contributed by atoms with van der Waals surface area (Å²) in [6.07, 6.45) is 13.9. The number of aromatic nitrogens is 2. The first-order chi connectivity index (χ1) is 13.7. The molecule has 2 unspecified atom stereocenters. The van der Waals surface area contributed by atoms with Gasteiger partial charge in [-0.3, -0.25) is 5.10 Å². The summed E-state index contributed by atoms with van der Waals surface area (Å²) >= 11 is 6.39. The molecule has 2 aromatic rings. The van der Waals surface area contributed by atoms with Crippen molar-refractivity contribution in [3.8, 4) is 5.75 Å². The van der Waals surface area contributed by atoms with Gasteiger partial charge >= 0.3 is 0 Å². The van der Waals surface area contributed by atoms with E-state index in [0.29, 0.717) is 16.9 Å². The Labute approximate surface area is 174 Å².